The van der Waals surface area contributed by atoms with Crippen LogP contribution in [0.2, 0.25) is 0 Å². The number of aryl methyl sites for hydroxylation is 3. The number of furan rings is 1. The molecule has 1 N–H and O–H groups in total. The van der Waals surface area contributed by atoms with Crippen LogP contribution in [0.5, 0.6) is 0 Å². The van der Waals surface area contributed by atoms with Crippen LogP contribution < -0.4 is 5.32 Å². The Morgan fingerprint density at radius 3 is 2.50 bits per heavy atom. The van der Waals surface area contributed by atoms with E-state index < -0.39 is 0 Å². The SMILES string of the molecule is CCC(NC(=O)c1ccc(Cn2nc(C)cc2C)o1)c1ccc(C)cc1. The van der Waals surface area contributed by atoms with E-state index in [1.807, 2.05) is 30.7 Å². The number of carbonyl (C=O) groups is 1. The molecule has 0 bridgehead atoms. The fourth-order valence-electron chi connectivity index (χ4n) is 3.02. The summed E-state index contributed by atoms with van der Waals surface area (Å²) in [5.41, 5.74) is 4.34. The number of nitrogens with zero attached hydrogens (tertiary/aromatic N) is 2. The molecule has 0 spiro atoms. The first-order valence-electron chi connectivity index (χ1n) is 8.93. The van der Waals surface area contributed by atoms with Gasteiger partial charge in [0.2, 0.25) is 0 Å². The van der Waals surface area contributed by atoms with E-state index in [-0.39, 0.29) is 11.9 Å². The second-order valence-electron chi connectivity index (χ2n) is 6.70. The second kappa shape index (κ2) is 7.60. The number of amides is 1. The van der Waals surface area contributed by atoms with Crippen molar-refractivity contribution in [2.45, 2.75) is 46.7 Å². The predicted octanol–water partition coefficient (Wildman–Crippen LogP) is 4.33. The fourth-order valence-corrected chi connectivity index (χ4v) is 3.02. The van der Waals surface area contributed by atoms with E-state index in [0.717, 1.165) is 23.4 Å². The third-order valence-corrected chi connectivity index (χ3v) is 4.49. The number of benzene rings is 1. The minimum atomic E-state index is -0.197. The highest BCUT2D eigenvalue weighted by molar-refractivity contribution is 5.91. The Balaban J connectivity index is 1.69. The van der Waals surface area contributed by atoms with Crippen LogP contribution >= 0.6 is 0 Å². The van der Waals surface area contributed by atoms with Gasteiger partial charge in [-0.2, -0.15) is 5.10 Å². The maximum atomic E-state index is 12.6. The smallest absolute Gasteiger partial charge is 0.287 e. The topological polar surface area (TPSA) is 60.1 Å². The molecule has 0 saturated carbocycles. The van der Waals surface area contributed by atoms with Crippen molar-refractivity contribution in [1.82, 2.24) is 15.1 Å². The Bertz CT molecular complexity index is 890. The van der Waals surface area contributed by atoms with Crippen LogP contribution in [0.4, 0.5) is 0 Å². The van der Waals surface area contributed by atoms with Gasteiger partial charge in [-0.3, -0.25) is 9.48 Å². The Labute approximate surface area is 154 Å². The summed E-state index contributed by atoms with van der Waals surface area (Å²) in [5, 5.41) is 7.48. The number of rotatable bonds is 6. The molecule has 0 aliphatic carbocycles. The van der Waals surface area contributed by atoms with Crippen molar-refractivity contribution in [3.05, 3.63) is 76.5 Å². The highest BCUT2D eigenvalue weighted by Crippen LogP contribution is 2.19. The first-order valence-corrected chi connectivity index (χ1v) is 8.93. The summed E-state index contributed by atoms with van der Waals surface area (Å²) >= 11 is 0. The zero-order valence-electron chi connectivity index (χ0n) is 15.7. The van der Waals surface area contributed by atoms with Crippen molar-refractivity contribution in [3.8, 4) is 0 Å². The van der Waals surface area contributed by atoms with Gasteiger partial charge in [-0.1, -0.05) is 36.8 Å². The highest BCUT2D eigenvalue weighted by atomic mass is 16.4. The van der Waals surface area contributed by atoms with Crippen molar-refractivity contribution in [2.24, 2.45) is 0 Å². The lowest BCUT2D eigenvalue weighted by Crippen LogP contribution is -2.27. The summed E-state index contributed by atoms with van der Waals surface area (Å²) < 4.78 is 7.61. The van der Waals surface area contributed by atoms with Gasteiger partial charge in [0.05, 0.1) is 18.3 Å². The maximum Gasteiger partial charge on any atom is 0.287 e. The number of aromatic nitrogens is 2. The molecule has 2 aromatic heterocycles. The quantitative estimate of drug-likeness (QED) is 0.719. The van der Waals surface area contributed by atoms with Crippen LogP contribution in [0.1, 0.15) is 58.2 Å². The molecule has 1 unspecified atom stereocenters. The minimum absolute atomic E-state index is 0.0346. The fraction of sp³-hybridized carbons (Fsp3) is 0.333. The Hall–Kier alpha value is -2.82. The summed E-state index contributed by atoms with van der Waals surface area (Å²) in [7, 11) is 0. The van der Waals surface area contributed by atoms with Gasteiger partial charge >= 0.3 is 0 Å². The monoisotopic (exact) mass is 351 g/mol. The van der Waals surface area contributed by atoms with Crippen molar-refractivity contribution < 1.29 is 9.21 Å². The maximum absolute atomic E-state index is 12.6. The molecule has 0 fully saturated rings. The average Bonchev–Trinajstić information content (AvgIpc) is 3.20. The molecule has 0 aliphatic rings. The van der Waals surface area contributed by atoms with Crippen LogP contribution in [0.15, 0.2) is 46.9 Å². The van der Waals surface area contributed by atoms with Crippen LogP contribution in [0.25, 0.3) is 0 Å². The van der Waals surface area contributed by atoms with Gasteiger partial charge in [0.25, 0.3) is 5.91 Å². The Morgan fingerprint density at radius 2 is 1.88 bits per heavy atom. The van der Waals surface area contributed by atoms with Gasteiger partial charge < -0.3 is 9.73 Å². The van der Waals surface area contributed by atoms with Crippen molar-refractivity contribution in [3.63, 3.8) is 0 Å². The second-order valence-corrected chi connectivity index (χ2v) is 6.70. The number of nitrogens with one attached hydrogen (secondary N) is 1. The summed E-state index contributed by atoms with van der Waals surface area (Å²) in [6.45, 7) is 8.59. The average molecular weight is 351 g/mol. The van der Waals surface area contributed by atoms with Crippen LogP contribution in [0.3, 0.4) is 0 Å². The first kappa shape index (κ1) is 18.0. The zero-order valence-corrected chi connectivity index (χ0v) is 15.7. The van der Waals surface area contributed by atoms with Crippen LogP contribution in [0, 0.1) is 20.8 Å². The van der Waals surface area contributed by atoms with Gasteiger partial charge in [-0.25, -0.2) is 0 Å². The molecule has 5 nitrogen and oxygen atoms in total. The van der Waals surface area contributed by atoms with Gasteiger partial charge in [0.1, 0.15) is 5.76 Å². The van der Waals surface area contributed by atoms with E-state index in [0.29, 0.717) is 18.1 Å². The summed E-state index contributed by atoms with van der Waals surface area (Å²) in [5.74, 6) is 0.842. The van der Waals surface area contributed by atoms with Crippen molar-refractivity contribution in [1.29, 1.82) is 0 Å². The van der Waals surface area contributed by atoms with E-state index in [2.05, 4.69) is 48.5 Å². The molecule has 5 heteroatoms. The van der Waals surface area contributed by atoms with Gasteiger partial charge in [-0.15, -0.1) is 0 Å². The van der Waals surface area contributed by atoms with E-state index in [4.69, 9.17) is 4.42 Å². The molecule has 1 aromatic carbocycles. The lowest BCUT2D eigenvalue weighted by molar-refractivity contribution is 0.0905. The molecule has 2 heterocycles. The highest BCUT2D eigenvalue weighted by Gasteiger charge is 2.17. The lowest BCUT2D eigenvalue weighted by Gasteiger charge is -2.17. The molecule has 3 rings (SSSR count). The van der Waals surface area contributed by atoms with Gasteiger partial charge in [-0.05, 0) is 51.0 Å². The third kappa shape index (κ3) is 4.04. The van der Waals surface area contributed by atoms with E-state index in [9.17, 15) is 4.79 Å². The van der Waals surface area contributed by atoms with Crippen LogP contribution in [-0.2, 0) is 6.54 Å². The first-order chi connectivity index (χ1) is 12.5. The molecule has 0 saturated heterocycles. The van der Waals surface area contributed by atoms with E-state index in [1.54, 1.807) is 6.07 Å². The molecular formula is C21H25N3O2. The Morgan fingerprint density at radius 1 is 1.15 bits per heavy atom. The van der Waals surface area contributed by atoms with E-state index in [1.165, 1.54) is 5.56 Å². The number of hydrogen-bond donors (Lipinski definition) is 1. The molecule has 3 aromatic rings. The summed E-state index contributed by atoms with van der Waals surface area (Å²) in [6.07, 6.45) is 0.814. The van der Waals surface area contributed by atoms with Gasteiger partial charge in [0.15, 0.2) is 5.76 Å². The van der Waals surface area contributed by atoms with E-state index >= 15 is 0 Å². The molecule has 26 heavy (non-hydrogen) atoms. The molecule has 136 valence electrons. The summed E-state index contributed by atoms with van der Waals surface area (Å²) in [4.78, 5) is 12.6. The molecule has 1 atom stereocenters. The van der Waals surface area contributed by atoms with Crippen molar-refractivity contribution in [2.75, 3.05) is 0 Å². The van der Waals surface area contributed by atoms with Gasteiger partial charge in [0, 0.05) is 5.69 Å². The largest absolute Gasteiger partial charge is 0.454 e. The Kier molecular flexibility index (Phi) is 5.26. The number of hydrogen-bond acceptors (Lipinski definition) is 3. The molecule has 0 aliphatic heterocycles. The standard InChI is InChI=1S/C21H25N3O2/c1-5-19(17-8-6-14(2)7-9-17)22-21(25)20-11-10-18(26-20)13-24-16(4)12-15(3)23-24/h6-12,19H,5,13H2,1-4H3,(H,22,25). The van der Waals surface area contributed by atoms with Crippen molar-refractivity contribution >= 4 is 5.91 Å². The third-order valence-electron chi connectivity index (χ3n) is 4.49. The molecule has 0 radical (unpaired) electrons. The normalized spacial score (nSPS) is 12.2. The minimum Gasteiger partial charge on any atom is -0.454 e. The molecule has 1 amide bonds. The predicted molar refractivity (Wildman–Crippen MR) is 101 cm³/mol. The molecular weight excluding hydrogens is 326 g/mol. The number of carbonyl (C=O) groups excluding carboxylic acids is 1. The zero-order chi connectivity index (χ0) is 18.7. The summed E-state index contributed by atoms with van der Waals surface area (Å²) in [6, 6.07) is 13.8. The lowest BCUT2D eigenvalue weighted by atomic mass is 10.0. The van der Waals surface area contributed by atoms with Crippen LogP contribution in [-0.4, -0.2) is 15.7 Å².